The van der Waals surface area contributed by atoms with Crippen molar-refractivity contribution in [3.8, 4) is 0 Å². The smallest absolute Gasteiger partial charge is 0.306 e. The van der Waals surface area contributed by atoms with Crippen LogP contribution in [0.25, 0.3) is 10.2 Å². The van der Waals surface area contributed by atoms with Gasteiger partial charge in [-0.25, -0.2) is 9.98 Å². The predicted octanol–water partition coefficient (Wildman–Crippen LogP) is 3.84. The number of hydrogen-bond acceptors (Lipinski definition) is 8. The van der Waals surface area contributed by atoms with Crippen molar-refractivity contribution in [3.05, 3.63) is 54.1 Å². The number of aliphatic imine (C=N–C) groups is 1. The summed E-state index contributed by atoms with van der Waals surface area (Å²) in [5.74, 6) is -1.03. The summed E-state index contributed by atoms with van der Waals surface area (Å²) in [6, 6.07) is 15.0. The second kappa shape index (κ2) is 8.62. The maximum absolute atomic E-state index is 11.9. The van der Waals surface area contributed by atoms with Crippen LogP contribution in [0.1, 0.15) is 12.0 Å². The topological polar surface area (TPSA) is 104 Å². The van der Waals surface area contributed by atoms with Gasteiger partial charge >= 0.3 is 5.97 Å². The van der Waals surface area contributed by atoms with Crippen molar-refractivity contribution >= 4 is 60.4 Å². The third-order valence-corrected chi connectivity index (χ3v) is 6.20. The first kappa shape index (κ1) is 19.4. The van der Waals surface area contributed by atoms with Gasteiger partial charge in [-0.1, -0.05) is 41.7 Å². The van der Waals surface area contributed by atoms with Gasteiger partial charge < -0.3 is 15.7 Å². The van der Waals surface area contributed by atoms with Crippen LogP contribution in [0.15, 0.2) is 53.5 Å². The molecule has 1 aliphatic rings. The number of hydrogen-bond donors (Lipinski definition) is 3. The Kier molecular flexibility index (Phi) is 5.77. The number of benzene rings is 2. The molecule has 0 saturated heterocycles. The molecule has 1 aromatic heterocycles. The van der Waals surface area contributed by atoms with Gasteiger partial charge in [0.05, 0.1) is 16.6 Å². The van der Waals surface area contributed by atoms with Gasteiger partial charge in [0, 0.05) is 12.2 Å². The average Bonchev–Trinajstić information content (AvgIpc) is 3.25. The Morgan fingerprint density at radius 2 is 1.93 bits per heavy atom. The van der Waals surface area contributed by atoms with E-state index in [4.69, 9.17) is 5.11 Å². The number of thioether (sulfide) groups is 1. The van der Waals surface area contributed by atoms with E-state index >= 15 is 0 Å². The van der Waals surface area contributed by atoms with Crippen LogP contribution in [-0.2, 0) is 16.0 Å². The molecule has 0 aliphatic carbocycles. The molecule has 9 heteroatoms. The molecule has 0 fully saturated rings. The Balaban J connectivity index is 1.39. The number of rotatable bonds is 7. The molecule has 1 atom stereocenters. The number of carboxylic acids is 1. The van der Waals surface area contributed by atoms with Crippen molar-refractivity contribution in [2.24, 2.45) is 4.99 Å². The van der Waals surface area contributed by atoms with Gasteiger partial charge in [0.15, 0.2) is 10.3 Å². The summed E-state index contributed by atoms with van der Waals surface area (Å²) in [4.78, 5) is 31.6. The van der Waals surface area contributed by atoms with Crippen LogP contribution in [0.5, 0.6) is 0 Å². The van der Waals surface area contributed by atoms with Crippen molar-refractivity contribution in [1.82, 2.24) is 4.98 Å². The van der Waals surface area contributed by atoms with E-state index in [0.29, 0.717) is 11.7 Å². The van der Waals surface area contributed by atoms with E-state index in [0.717, 1.165) is 44.8 Å². The lowest BCUT2D eigenvalue weighted by molar-refractivity contribution is -0.138. The van der Waals surface area contributed by atoms with E-state index in [-0.39, 0.29) is 11.5 Å². The Bertz CT molecular complexity index is 1060. The molecule has 4 rings (SSSR count). The number of aliphatic carboxylic acids is 1. The molecule has 2 aromatic carbocycles. The summed E-state index contributed by atoms with van der Waals surface area (Å²) in [7, 11) is 0. The monoisotopic (exact) mass is 426 g/mol. The first-order valence-corrected chi connectivity index (χ1v) is 10.7. The molecule has 3 N–H and O–H groups in total. The van der Waals surface area contributed by atoms with Crippen LogP contribution in [0.4, 0.5) is 10.8 Å². The number of thiazole rings is 1. The number of amidine groups is 1. The lowest BCUT2D eigenvalue weighted by atomic mass is 10.1. The molecular formula is C20H18N4O3S2. The molecule has 0 saturated carbocycles. The Morgan fingerprint density at radius 1 is 1.14 bits per heavy atom. The van der Waals surface area contributed by atoms with E-state index in [1.807, 2.05) is 42.5 Å². The van der Waals surface area contributed by atoms with E-state index in [1.54, 1.807) is 11.3 Å². The van der Waals surface area contributed by atoms with E-state index in [1.165, 1.54) is 0 Å². The molecule has 3 aromatic rings. The van der Waals surface area contributed by atoms with E-state index < -0.39 is 12.0 Å². The van der Waals surface area contributed by atoms with Crippen LogP contribution >= 0.6 is 23.1 Å². The quantitative estimate of drug-likeness (QED) is 0.527. The fourth-order valence-electron chi connectivity index (χ4n) is 2.96. The fourth-order valence-corrected chi connectivity index (χ4v) is 4.66. The highest BCUT2D eigenvalue weighted by molar-refractivity contribution is 8.27. The number of para-hydroxylation sites is 2. The van der Waals surface area contributed by atoms with Crippen molar-refractivity contribution in [3.63, 3.8) is 0 Å². The minimum absolute atomic E-state index is 0.245. The molecule has 0 amide bonds. The summed E-state index contributed by atoms with van der Waals surface area (Å²) in [5, 5.41) is 16.5. The summed E-state index contributed by atoms with van der Waals surface area (Å²) in [6.45, 7) is 0.707. The van der Waals surface area contributed by atoms with E-state index in [2.05, 4.69) is 26.7 Å². The zero-order valence-electron chi connectivity index (χ0n) is 15.3. The van der Waals surface area contributed by atoms with Crippen LogP contribution < -0.4 is 10.6 Å². The van der Waals surface area contributed by atoms with Gasteiger partial charge in [-0.15, -0.1) is 0 Å². The number of aromatic nitrogens is 1. The first-order valence-electron chi connectivity index (χ1n) is 9.04. The van der Waals surface area contributed by atoms with Crippen molar-refractivity contribution in [1.29, 1.82) is 0 Å². The van der Waals surface area contributed by atoms with Crippen molar-refractivity contribution in [2.45, 2.75) is 18.9 Å². The molecule has 7 nitrogen and oxygen atoms in total. The second-order valence-electron chi connectivity index (χ2n) is 6.41. The van der Waals surface area contributed by atoms with Crippen LogP contribution in [-0.4, -0.2) is 38.9 Å². The largest absolute Gasteiger partial charge is 0.481 e. The van der Waals surface area contributed by atoms with Gasteiger partial charge in [-0.05, 0) is 41.9 Å². The minimum atomic E-state index is -1.03. The number of nitrogens with zero attached hydrogens (tertiary/aromatic N) is 2. The number of nitrogens with one attached hydrogen (secondary N) is 2. The lowest BCUT2D eigenvalue weighted by Gasteiger charge is -2.11. The highest BCUT2D eigenvalue weighted by Gasteiger charge is 2.30. The third kappa shape index (κ3) is 4.75. The second-order valence-corrected chi connectivity index (χ2v) is 8.44. The number of anilines is 2. The summed E-state index contributed by atoms with van der Waals surface area (Å²) < 4.78 is 1.15. The molecule has 0 unspecified atom stereocenters. The minimum Gasteiger partial charge on any atom is -0.481 e. The molecule has 29 heavy (non-hydrogen) atoms. The lowest BCUT2D eigenvalue weighted by Crippen LogP contribution is -2.15. The average molecular weight is 427 g/mol. The number of fused-ring (bicyclic) bond motifs is 1. The number of carbonyl (C=O) groups is 2. The maximum Gasteiger partial charge on any atom is 0.306 e. The van der Waals surface area contributed by atoms with Crippen LogP contribution in [0.3, 0.4) is 0 Å². The zero-order valence-corrected chi connectivity index (χ0v) is 16.9. The molecule has 1 aliphatic heterocycles. The highest BCUT2D eigenvalue weighted by Crippen LogP contribution is 2.27. The fraction of sp³-hybridized carbons (Fsp3) is 0.200. The molecule has 0 bridgehead atoms. The number of carboxylic acid groups (broad SMARTS) is 1. The molecule has 2 heterocycles. The predicted molar refractivity (Wildman–Crippen MR) is 118 cm³/mol. The Labute approximate surface area is 175 Å². The standard InChI is InChI=1S/C20H18N4O3S2/c25-17(26)11-15-18(27)29-20(24-15)22-13-6-2-1-5-12(13)9-10-21-19-23-14-7-3-4-8-16(14)28-19/h1-8,15H,9-11H2,(H,21,23)(H,22,24)(H,25,26)/t15-/m0/s1. The normalized spacial score (nSPS) is 16.1. The van der Waals surface area contributed by atoms with Crippen LogP contribution in [0.2, 0.25) is 0 Å². The first-order chi connectivity index (χ1) is 14.1. The van der Waals surface area contributed by atoms with Gasteiger partial charge in [0.2, 0.25) is 5.12 Å². The SMILES string of the molecule is O=C(O)C[C@@H]1N=C(Nc2ccccc2CCNc2nc3ccccc3s2)SC1=O. The van der Waals surface area contributed by atoms with Gasteiger partial charge in [0.25, 0.3) is 0 Å². The van der Waals surface area contributed by atoms with E-state index in [9.17, 15) is 9.59 Å². The van der Waals surface area contributed by atoms with Gasteiger partial charge in [-0.2, -0.15) is 0 Å². The molecule has 0 radical (unpaired) electrons. The van der Waals surface area contributed by atoms with Crippen LogP contribution in [0, 0.1) is 0 Å². The third-order valence-electron chi connectivity index (χ3n) is 4.33. The summed E-state index contributed by atoms with van der Waals surface area (Å²) in [5.41, 5.74) is 2.91. The Morgan fingerprint density at radius 3 is 2.76 bits per heavy atom. The van der Waals surface area contributed by atoms with Gasteiger partial charge in [-0.3, -0.25) is 9.59 Å². The van der Waals surface area contributed by atoms with Crippen molar-refractivity contribution < 1.29 is 14.7 Å². The molecule has 0 spiro atoms. The molecular weight excluding hydrogens is 408 g/mol. The zero-order chi connectivity index (χ0) is 20.2. The highest BCUT2D eigenvalue weighted by atomic mass is 32.2. The summed E-state index contributed by atoms with van der Waals surface area (Å²) in [6.07, 6.45) is 0.467. The Hall–Kier alpha value is -2.91. The summed E-state index contributed by atoms with van der Waals surface area (Å²) >= 11 is 2.58. The maximum atomic E-state index is 11.9. The molecule has 148 valence electrons. The van der Waals surface area contributed by atoms with Crippen molar-refractivity contribution in [2.75, 3.05) is 17.2 Å². The van der Waals surface area contributed by atoms with Gasteiger partial charge in [0.1, 0.15) is 6.04 Å². The number of carbonyl (C=O) groups excluding carboxylic acids is 1.